The van der Waals surface area contributed by atoms with Crippen LogP contribution in [0.2, 0.25) is 0 Å². The number of aromatic nitrogens is 1. The maximum Gasteiger partial charge on any atom is 0.418 e. The Morgan fingerprint density at radius 1 is 1.36 bits per heavy atom. The van der Waals surface area contributed by atoms with Crippen LogP contribution in [0.4, 0.5) is 24.7 Å². The lowest BCUT2D eigenvalue weighted by atomic mass is 10.2. The molecule has 6 heteroatoms. The van der Waals surface area contributed by atoms with Gasteiger partial charge in [-0.3, -0.25) is 0 Å². The molecule has 0 saturated heterocycles. The number of nitrogen functional groups attached to an aromatic ring is 1. The van der Waals surface area contributed by atoms with Crippen LogP contribution in [0, 0.1) is 0 Å². The maximum absolute atomic E-state index is 12.4. The molecule has 0 bridgehead atoms. The standard InChI is InChI=1S/C8H10F3N3/c1-14(2)7-3-5(8(9,10)11)6(12)4-13-7/h3-4H,12H2,1-2H3. The molecule has 0 amide bonds. The van der Waals surface area contributed by atoms with Gasteiger partial charge >= 0.3 is 6.18 Å². The Kier molecular flexibility index (Phi) is 2.55. The highest BCUT2D eigenvalue weighted by atomic mass is 19.4. The van der Waals surface area contributed by atoms with E-state index in [0.29, 0.717) is 0 Å². The van der Waals surface area contributed by atoms with Gasteiger partial charge in [0.1, 0.15) is 5.82 Å². The fourth-order valence-electron chi connectivity index (χ4n) is 0.945. The summed E-state index contributed by atoms with van der Waals surface area (Å²) in [5.74, 6) is 0.228. The molecule has 1 aromatic rings. The normalized spacial score (nSPS) is 11.5. The van der Waals surface area contributed by atoms with Gasteiger partial charge in [-0.25, -0.2) is 4.98 Å². The van der Waals surface area contributed by atoms with Crippen molar-refractivity contribution in [1.29, 1.82) is 0 Å². The van der Waals surface area contributed by atoms with Gasteiger partial charge < -0.3 is 10.6 Å². The van der Waals surface area contributed by atoms with Crippen LogP contribution in [0.25, 0.3) is 0 Å². The Labute approximate surface area is 79.3 Å². The predicted molar refractivity (Wildman–Crippen MR) is 48.0 cm³/mol. The largest absolute Gasteiger partial charge is 0.418 e. The van der Waals surface area contributed by atoms with E-state index in [9.17, 15) is 13.2 Å². The first-order chi connectivity index (χ1) is 6.32. The van der Waals surface area contributed by atoms with E-state index in [-0.39, 0.29) is 11.5 Å². The summed E-state index contributed by atoms with van der Waals surface area (Å²) in [6.07, 6.45) is -3.42. The fraction of sp³-hybridized carbons (Fsp3) is 0.375. The molecule has 0 spiro atoms. The van der Waals surface area contributed by atoms with Gasteiger partial charge in [-0.2, -0.15) is 13.2 Å². The Morgan fingerprint density at radius 3 is 2.36 bits per heavy atom. The Balaban J connectivity index is 3.22. The molecule has 0 radical (unpaired) electrons. The molecule has 0 saturated carbocycles. The zero-order chi connectivity index (χ0) is 10.9. The van der Waals surface area contributed by atoms with Crippen LogP contribution in [-0.2, 0) is 6.18 Å². The number of nitrogens with zero attached hydrogens (tertiary/aromatic N) is 2. The van der Waals surface area contributed by atoms with Gasteiger partial charge in [0.2, 0.25) is 0 Å². The highest BCUT2D eigenvalue weighted by molar-refractivity contribution is 5.53. The monoisotopic (exact) mass is 205 g/mol. The number of pyridine rings is 1. The summed E-state index contributed by atoms with van der Waals surface area (Å²) in [5.41, 5.74) is 3.97. The van der Waals surface area contributed by atoms with Crippen LogP contribution in [0.5, 0.6) is 0 Å². The third-order valence-electron chi connectivity index (χ3n) is 1.68. The van der Waals surface area contributed by atoms with E-state index in [1.807, 2.05) is 0 Å². The third-order valence-corrected chi connectivity index (χ3v) is 1.68. The maximum atomic E-state index is 12.4. The molecule has 0 aliphatic carbocycles. The first-order valence-corrected chi connectivity index (χ1v) is 3.82. The van der Waals surface area contributed by atoms with Crippen molar-refractivity contribution in [2.24, 2.45) is 0 Å². The fourth-order valence-corrected chi connectivity index (χ4v) is 0.945. The summed E-state index contributed by atoms with van der Waals surface area (Å²) >= 11 is 0. The van der Waals surface area contributed by atoms with Crippen molar-refractivity contribution in [2.45, 2.75) is 6.18 Å². The SMILES string of the molecule is CN(C)c1cc(C(F)(F)F)c(N)cn1. The van der Waals surface area contributed by atoms with Crippen molar-refractivity contribution in [3.8, 4) is 0 Å². The first-order valence-electron chi connectivity index (χ1n) is 3.82. The van der Waals surface area contributed by atoms with Crippen LogP contribution < -0.4 is 10.6 Å². The molecule has 0 fully saturated rings. The highest BCUT2D eigenvalue weighted by Gasteiger charge is 2.33. The number of halogens is 3. The van der Waals surface area contributed by atoms with Gasteiger partial charge in [-0.05, 0) is 6.07 Å². The molecule has 78 valence electrons. The molecular weight excluding hydrogens is 195 g/mol. The lowest BCUT2D eigenvalue weighted by Crippen LogP contribution is -2.15. The number of hydrogen-bond donors (Lipinski definition) is 1. The summed E-state index contributed by atoms with van der Waals surface area (Å²) in [6, 6.07) is 0.926. The van der Waals surface area contributed by atoms with Gasteiger partial charge in [0, 0.05) is 14.1 Å². The van der Waals surface area contributed by atoms with Gasteiger partial charge in [0.05, 0.1) is 17.4 Å². The summed E-state index contributed by atoms with van der Waals surface area (Å²) < 4.78 is 37.1. The van der Waals surface area contributed by atoms with Gasteiger partial charge in [0.25, 0.3) is 0 Å². The zero-order valence-electron chi connectivity index (χ0n) is 7.76. The lowest BCUT2D eigenvalue weighted by Gasteiger charge is -2.15. The van der Waals surface area contributed by atoms with Crippen LogP contribution in [0.1, 0.15) is 5.56 Å². The van der Waals surface area contributed by atoms with E-state index in [0.717, 1.165) is 12.3 Å². The lowest BCUT2D eigenvalue weighted by molar-refractivity contribution is -0.136. The average Bonchev–Trinajstić information content (AvgIpc) is 2.02. The van der Waals surface area contributed by atoms with E-state index < -0.39 is 11.7 Å². The van der Waals surface area contributed by atoms with E-state index in [1.165, 1.54) is 4.90 Å². The Morgan fingerprint density at radius 2 is 1.93 bits per heavy atom. The number of rotatable bonds is 1. The number of alkyl halides is 3. The molecule has 1 rings (SSSR count). The second-order valence-electron chi connectivity index (χ2n) is 3.02. The van der Waals surface area contributed by atoms with E-state index in [4.69, 9.17) is 5.73 Å². The molecular formula is C8H10F3N3. The van der Waals surface area contributed by atoms with Crippen molar-refractivity contribution in [1.82, 2.24) is 4.98 Å². The van der Waals surface area contributed by atoms with Crippen LogP contribution >= 0.6 is 0 Å². The predicted octanol–water partition coefficient (Wildman–Crippen LogP) is 1.75. The number of nitrogens with two attached hydrogens (primary N) is 1. The number of anilines is 2. The van der Waals surface area contributed by atoms with Crippen LogP contribution in [0.15, 0.2) is 12.3 Å². The van der Waals surface area contributed by atoms with Crippen molar-refractivity contribution in [3.05, 3.63) is 17.8 Å². The third kappa shape index (κ3) is 2.07. The topological polar surface area (TPSA) is 42.1 Å². The Hall–Kier alpha value is -1.46. The summed E-state index contributed by atoms with van der Waals surface area (Å²) in [5, 5.41) is 0. The van der Waals surface area contributed by atoms with Crippen molar-refractivity contribution in [2.75, 3.05) is 24.7 Å². The minimum absolute atomic E-state index is 0.228. The second-order valence-corrected chi connectivity index (χ2v) is 3.02. The quantitative estimate of drug-likeness (QED) is 0.759. The van der Waals surface area contributed by atoms with E-state index in [1.54, 1.807) is 14.1 Å². The van der Waals surface area contributed by atoms with E-state index >= 15 is 0 Å². The summed E-state index contributed by atoms with van der Waals surface area (Å²) in [7, 11) is 3.22. The molecule has 0 unspecified atom stereocenters. The van der Waals surface area contributed by atoms with Crippen LogP contribution in [0.3, 0.4) is 0 Å². The second kappa shape index (κ2) is 3.36. The van der Waals surface area contributed by atoms with E-state index in [2.05, 4.69) is 4.98 Å². The van der Waals surface area contributed by atoms with Crippen molar-refractivity contribution >= 4 is 11.5 Å². The summed E-state index contributed by atoms with van der Waals surface area (Å²) in [4.78, 5) is 5.23. The Bertz CT molecular complexity index is 333. The van der Waals surface area contributed by atoms with Crippen molar-refractivity contribution in [3.63, 3.8) is 0 Å². The minimum Gasteiger partial charge on any atom is -0.397 e. The van der Waals surface area contributed by atoms with Gasteiger partial charge in [-0.1, -0.05) is 0 Å². The molecule has 14 heavy (non-hydrogen) atoms. The molecule has 0 aromatic carbocycles. The van der Waals surface area contributed by atoms with Gasteiger partial charge in [0.15, 0.2) is 0 Å². The molecule has 3 nitrogen and oxygen atoms in total. The molecule has 0 aliphatic heterocycles. The molecule has 1 aromatic heterocycles. The highest BCUT2D eigenvalue weighted by Crippen LogP contribution is 2.34. The molecule has 0 atom stereocenters. The van der Waals surface area contributed by atoms with Crippen LogP contribution in [-0.4, -0.2) is 19.1 Å². The smallest absolute Gasteiger partial charge is 0.397 e. The van der Waals surface area contributed by atoms with Crippen molar-refractivity contribution < 1.29 is 13.2 Å². The zero-order valence-corrected chi connectivity index (χ0v) is 7.76. The molecule has 2 N–H and O–H groups in total. The average molecular weight is 205 g/mol. The summed E-state index contributed by atoms with van der Waals surface area (Å²) in [6.45, 7) is 0. The molecule has 0 aliphatic rings. The first kappa shape index (κ1) is 10.6. The van der Waals surface area contributed by atoms with Gasteiger partial charge in [-0.15, -0.1) is 0 Å². The minimum atomic E-state index is -4.43. The molecule has 1 heterocycles. The number of hydrogen-bond acceptors (Lipinski definition) is 3.